The van der Waals surface area contributed by atoms with E-state index < -0.39 is 5.97 Å². The number of carboxylic acid groups (broad SMARTS) is 1. The number of rotatable bonds is 4. The van der Waals surface area contributed by atoms with Crippen molar-refractivity contribution in [1.29, 1.82) is 0 Å². The van der Waals surface area contributed by atoms with Crippen LogP contribution in [0.5, 0.6) is 5.75 Å². The van der Waals surface area contributed by atoms with Crippen molar-refractivity contribution in [1.82, 2.24) is 0 Å². The van der Waals surface area contributed by atoms with Gasteiger partial charge in [0.15, 0.2) is 0 Å². The average molecular weight is 427 g/mol. The normalized spacial score (nSPS) is 30.6. The number of methoxy groups -OCH3 is 1. The lowest BCUT2D eigenvalue weighted by molar-refractivity contribution is -0.0622. The van der Waals surface area contributed by atoms with Crippen molar-refractivity contribution in [3.8, 4) is 16.9 Å². The highest BCUT2D eigenvalue weighted by Crippen LogP contribution is 2.66. The van der Waals surface area contributed by atoms with Crippen molar-refractivity contribution in [2.45, 2.75) is 50.9 Å². The van der Waals surface area contributed by atoms with E-state index in [1.165, 1.54) is 55.2 Å². The van der Waals surface area contributed by atoms with Crippen LogP contribution in [0.1, 0.15) is 61.4 Å². The summed E-state index contributed by atoms with van der Waals surface area (Å²) in [7, 11) is 1.80. The summed E-state index contributed by atoms with van der Waals surface area (Å²) in [5.74, 6) is 1.86. The molecule has 1 N–H and O–H groups in total. The van der Waals surface area contributed by atoms with Crippen LogP contribution in [-0.2, 0) is 5.41 Å². The van der Waals surface area contributed by atoms with Crippen LogP contribution in [0.15, 0.2) is 54.6 Å². The molecule has 2 unspecified atom stereocenters. The number of ether oxygens (including phenoxy) is 1. The summed E-state index contributed by atoms with van der Waals surface area (Å²) in [6.45, 7) is 2.52. The first kappa shape index (κ1) is 19.8. The highest BCUT2D eigenvalue weighted by molar-refractivity contribution is 5.95. The van der Waals surface area contributed by atoms with Crippen molar-refractivity contribution >= 4 is 16.7 Å². The molecule has 7 rings (SSSR count). The molecule has 0 spiro atoms. The van der Waals surface area contributed by atoms with Crippen LogP contribution < -0.4 is 4.74 Å². The van der Waals surface area contributed by atoms with Crippen molar-refractivity contribution in [3.63, 3.8) is 0 Å². The summed E-state index contributed by atoms with van der Waals surface area (Å²) in [6, 6.07) is 18.4. The van der Waals surface area contributed by atoms with E-state index in [-0.39, 0.29) is 5.41 Å². The molecular formula is C29H30O3. The Morgan fingerprint density at radius 3 is 2.25 bits per heavy atom. The zero-order valence-corrected chi connectivity index (χ0v) is 18.9. The molecule has 3 aromatic rings. The average Bonchev–Trinajstić information content (AvgIpc) is 2.76. The molecule has 4 aliphatic rings. The van der Waals surface area contributed by atoms with Gasteiger partial charge in [-0.25, -0.2) is 4.79 Å². The smallest absolute Gasteiger partial charge is 0.335 e. The first-order valence-electron chi connectivity index (χ1n) is 11.8. The highest BCUT2D eigenvalue weighted by atomic mass is 16.5. The molecule has 3 aromatic carbocycles. The zero-order valence-electron chi connectivity index (χ0n) is 18.9. The van der Waals surface area contributed by atoms with Gasteiger partial charge >= 0.3 is 5.97 Å². The lowest BCUT2D eigenvalue weighted by Gasteiger charge is -2.61. The molecule has 4 bridgehead atoms. The number of benzene rings is 3. The molecule has 0 aromatic heterocycles. The van der Waals surface area contributed by atoms with Gasteiger partial charge in [0.05, 0.1) is 12.7 Å². The van der Waals surface area contributed by atoms with E-state index in [2.05, 4.69) is 37.3 Å². The Kier molecular flexibility index (Phi) is 4.24. The molecule has 4 fully saturated rings. The third-order valence-corrected chi connectivity index (χ3v) is 8.54. The zero-order chi connectivity index (χ0) is 22.1. The van der Waals surface area contributed by atoms with Crippen LogP contribution in [0.3, 0.4) is 0 Å². The summed E-state index contributed by atoms with van der Waals surface area (Å²) < 4.78 is 5.91. The number of hydrogen-bond acceptors (Lipinski definition) is 2. The highest BCUT2D eigenvalue weighted by Gasteiger charge is 2.57. The van der Waals surface area contributed by atoms with Crippen LogP contribution in [-0.4, -0.2) is 18.2 Å². The Morgan fingerprint density at radius 2 is 1.56 bits per heavy atom. The Bertz CT molecular complexity index is 1230. The minimum atomic E-state index is -0.889. The van der Waals surface area contributed by atoms with E-state index in [1.54, 1.807) is 19.2 Å². The fourth-order valence-electron chi connectivity index (χ4n) is 7.90. The molecule has 0 radical (unpaired) electrons. The summed E-state index contributed by atoms with van der Waals surface area (Å²) in [5, 5.41) is 11.3. The quantitative estimate of drug-likeness (QED) is 0.485. The molecule has 0 amide bonds. The number of fused-ring (bicyclic) bond motifs is 1. The summed E-state index contributed by atoms with van der Waals surface area (Å²) in [6.07, 6.45) is 8.10. The minimum Gasteiger partial charge on any atom is -0.496 e. The second-order valence-electron chi connectivity index (χ2n) is 11.0. The Morgan fingerprint density at radius 1 is 0.906 bits per heavy atom. The van der Waals surface area contributed by atoms with Gasteiger partial charge < -0.3 is 9.84 Å². The van der Waals surface area contributed by atoms with Crippen LogP contribution in [0.25, 0.3) is 21.9 Å². The van der Waals surface area contributed by atoms with Crippen molar-refractivity contribution in [2.75, 3.05) is 7.11 Å². The van der Waals surface area contributed by atoms with Crippen LogP contribution in [0, 0.1) is 17.3 Å². The third kappa shape index (κ3) is 3.05. The topological polar surface area (TPSA) is 46.5 Å². The molecule has 2 atom stereocenters. The molecule has 0 heterocycles. The number of aromatic carboxylic acids is 1. The molecule has 32 heavy (non-hydrogen) atoms. The van der Waals surface area contributed by atoms with Gasteiger partial charge in [-0.1, -0.05) is 31.2 Å². The molecule has 0 saturated heterocycles. The molecule has 4 aliphatic carbocycles. The number of carbonyl (C=O) groups is 1. The van der Waals surface area contributed by atoms with Crippen molar-refractivity contribution in [2.24, 2.45) is 17.3 Å². The van der Waals surface area contributed by atoms with E-state index >= 15 is 0 Å². The van der Waals surface area contributed by atoms with Gasteiger partial charge in [-0.3, -0.25) is 0 Å². The molecule has 3 heteroatoms. The predicted molar refractivity (Wildman–Crippen MR) is 127 cm³/mol. The summed E-state index contributed by atoms with van der Waals surface area (Å²) in [5.41, 5.74) is 4.83. The Labute approximate surface area is 189 Å². The number of carboxylic acids is 1. The SMILES string of the molecule is COc1ccc(-c2ccc3cc(C(=O)O)ccc3c2)cc1C12CC3CC(CC(C)(C3)C1)C2. The Balaban J connectivity index is 1.44. The van der Waals surface area contributed by atoms with Gasteiger partial charge in [-0.15, -0.1) is 0 Å². The molecule has 4 saturated carbocycles. The van der Waals surface area contributed by atoms with Gasteiger partial charge in [0.2, 0.25) is 0 Å². The fraction of sp³-hybridized carbons (Fsp3) is 0.414. The largest absolute Gasteiger partial charge is 0.496 e. The van der Waals surface area contributed by atoms with E-state index in [0.717, 1.165) is 28.4 Å². The van der Waals surface area contributed by atoms with Gasteiger partial charge in [-0.05, 0) is 108 Å². The predicted octanol–water partition coefficient (Wildman–Crippen LogP) is 7.07. The lowest BCUT2D eigenvalue weighted by atomic mass is 9.43. The summed E-state index contributed by atoms with van der Waals surface area (Å²) >= 11 is 0. The van der Waals surface area contributed by atoms with Crippen LogP contribution in [0.4, 0.5) is 0 Å². The lowest BCUT2D eigenvalue weighted by Crippen LogP contribution is -2.53. The van der Waals surface area contributed by atoms with Crippen LogP contribution in [0.2, 0.25) is 0 Å². The second kappa shape index (κ2) is 6.84. The van der Waals surface area contributed by atoms with E-state index in [0.29, 0.717) is 11.0 Å². The molecule has 0 aliphatic heterocycles. The van der Waals surface area contributed by atoms with Crippen molar-refractivity contribution in [3.05, 3.63) is 65.7 Å². The summed E-state index contributed by atoms with van der Waals surface area (Å²) in [4.78, 5) is 11.3. The van der Waals surface area contributed by atoms with E-state index in [9.17, 15) is 9.90 Å². The van der Waals surface area contributed by atoms with Gasteiger partial charge in [0, 0.05) is 11.0 Å². The first-order chi connectivity index (χ1) is 15.4. The molecule has 3 nitrogen and oxygen atoms in total. The molecule has 164 valence electrons. The van der Waals surface area contributed by atoms with Crippen LogP contribution >= 0.6 is 0 Å². The second-order valence-corrected chi connectivity index (χ2v) is 11.0. The van der Waals surface area contributed by atoms with E-state index in [1.807, 2.05) is 12.1 Å². The standard InChI is InChI=1S/C29H30O3/c1-28-13-18-9-19(14-28)16-29(15-18,17-28)25-12-23(7-8-26(25)32-2)21-3-4-22-11-24(27(30)31)6-5-20(22)10-21/h3-8,10-12,18-19H,9,13-17H2,1-2H3,(H,30,31). The maximum atomic E-state index is 11.3. The van der Waals surface area contributed by atoms with E-state index in [4.69, 9.17) is 4.74 Å². The maximum absolute atomic E-state index is 11.3. The Hall–Kier alpha value is -2.81. The minimum absolute atomic E-state index is 0.243. The third-order valence-electron chi connectivity index (χ3n) is 8.54. The van der Waals surface area contributed by atoms with Crippen molar-refractivity contribution < 1.29 is 14.6 Å². The number of hydrogen-bond donors (Lipinski definition) is 1. The van der Waals surface area contributed by atoms with Gasteiger partial charge in [0.1, 0.15) is 5.75 Å². The first-order valence-corrected chi connectivity index (χ1v) is 11.8. The maximum Gasteiger partial charge on any atom is 0.335 e. The fourth-order valence-corrected chi connectivity index (χ4v) is 7.90. The van der Waals surface area contributed by atoms with Gasteiger partial charge in [-0.2, -0.15) is 0 Å². The molecular weight excluding hydrogens is 396 g/mol. The monoisotopic (exact) mass is 426 g/mol. The van der Waals surface area contributed by atoms with Gasteiger partial charge in [0.25, 0.3) is 0 Å².